The quantitative estimate of drug-likeness (QED) is 0.904. The van der Waals surface area contributed by atoms with Crippen molar-refractivity contribution in [3.05, 3.63) is 64.1 Å². The summed E-state index contributed by atoms with van der Waals surface area (Å²) in [6.45, 7) is 1.92. The van der Waals surface area contributed by atoms with E-state index in [-0.39, 0.29) is 12.1 Å². The maximum atomic E-state index is 6.18. The van der Waals surface area contributed by atoms with Crippen molar-refractivity contribution >= 4 is 23.2 Å². The second-order valence-electron chi connectivity index (χ2n) is 4.36. The van der Waals surface area contributed by atoms with Crippen LogP contribution in [-0.2, 0) is 0 Å². The third-order valence-corrected chi connectivity index (χ3v) is 3.33. The number of ether oxygens (including phenoxy) is 1. The van der Waals surface area contributed by atoms with Crippen molar-refractivity contribution in [2.24, 2.45) is 5.73 Å². The van der Waals surface area contributed by atoms with Crippen LogP contribution in [-0.4, -0.2) is 6.10 Å². The highest BCUT2D eigenvalue weighted by molar-refractivity contribution is 6.30. The van der Waals surface area contributed by atoms with E-state index in [9.17, 15) is 0 Å². The van der Waals surface area contributed by atoms with E-state index in [4.69, 9.17) is 33.7 Å². The molecular weight excluding hydrogens is 281 g/mol. The molecule has 19 heavy (non-hydrogen) atoms. The topological polar surface area (TPSA) is 35.2 Å². The number of benzene rings is 2. The third kappa shape index (κ3) is 3.87. The molecule has 0 aliphatic heterocycles. The highest BCUT2D eigenvalue weighted by atomic mass is 35.5. The van der Waals surface area contributed by atoms with E-state index in [1.54, 1.807) is 12.1 Å². The van der Waals surface area contributed by atoms with Crippen LogP contribution in [0, 0.1) is 0 Å². The van der Waals surface area contributed by atoms with Gasteiger partial charge in [0.25, 0.3) is 0 Å². The lowest BCUT2D eigenvalue weighted by Crippen LogP contribution is -2.28. The van der Waals surface area contributed by atoms with Crippen molar-refractivity contribution in [1.29, 1.82) is 0 Å². The van der Waals surface area contributed by atoms with Gasteiger partial charge in [-0.2, -0.15) is 0 Å². The van der Waals surface area contributed by atoms with Crippen LogP contribution >= 0.6 is 23.2 Å². The van der Waals surface area contributed by atoms with Crippen LogP contribution in [0.4, 0.5) is 0 Å². The van der Waals surface area contributed by atoms with Gasteiger partial charge in [0, 0.05) is 10.0 Å². The Hall–Kier alpha value is -1.22. The molecule has 100 valence electrons. The third-order valence-electron chi connectivity index (χ3n) is 2.86. The number of halogens is 2. The van der Waals surface area contributed by atoms with Crippen LogP contribution in [0.2, 0.25) is 10.0 Å². The monoisotopic (exact) mass is 295 g/mol. The minimum atomic E-state index is -0.252. The highest BCUT2D eigenvalue weighted by Crippen LogP contribution is 2.24. The number of hydrogen-bond donors (Lipinski definition) is 1. The van der Waals surface area contributed by atoms with E-state index < -0.39 is 0 Å². The zero-order chi connectivity index (χ0) is 13.8. The van der Waals surface area contributed by atoms with Crippen LogP contribution in [0.3, 0.4) is 0 Å². The van der Waals surface area contributed by atoms with E-state index in [1.807, 2.05) is 43.3 Å². The fourth-order valence-corrected chi connectivity index (χ4v) is 2.19. The van der Waals surface area contributed by atoms with E-state index >= 15 is 0 Å². The predicted octanol–water partition coefficient (Wildman–Crippen LogP) is 4.46. The minimum absolute atomic E-state index is 0.183. The zero-order valence-corrected chi connectivity index (χ0v) is 12.0. The summed E-state index contributed by atoms with van der Waals surface area (Å²) in [5.74, 6) is 0.706. The summed E-state index contributed by atoms with van der Waals surface area (Å²) in [7, 11) is 0. The zero-order valence-electron chi connectivity index (χ0n) is 10.5. The molecule has 0 aliphatic carbocycles. The summed E-state index contributed by atoms with van der Waals surface area (Å²) < 4.78 is 5.80. The van der Waals surface area contributed by atoms with Gasteiger partial charge in [-0.25, -0.2) is 0 Å². The molecule has 0 radical (unpaired) electrons. The molecule has 0 saturated carbocycles. The van der Waals surface area contributed by atoms with Gasteiger partial charge in [0.05, 0.1) is 6.04 Å². The average molecular weight is 296 g/mol. The lowest BCUT2D eigenvalue weighted by molar-refractivity contribution is 0.190. The molecule has 0 bridgehead atoms. The molecule has 0 saturated heterocycles. The molecular formula is C15H15Cl2NO. The molecule has 0 heterocycles. The van der Waals surface area contributed by atoms with Crippen LogP contribution in [0.1, 0.15) is 18.5 Å². The lowest BCUT2D eigenvalue weighted by Gasteiger charge is -2.22. The van der Waals surface area contributed by atoms with Gasteiger partial charge < -0.3 is 10.5 Å². The Morgan fingerprint density at radius 3 is 2.26 bits per heavy atom. The fraction of sp³-hybridized carbons (Fsp3) is 0.200. The fourth-order valence-electron chi connectivity index (χ4n) is 1.81. The smallest absolute Gasteiger partial charge is 0.121 e. The van der Waals surface area contributed by atoms with Gasteiger partial charge >= 0.3 is 0 Å². The lowest BCUT2D eigenvalue weighted by atomic mass is 10.0. The standard InChI is InChI=1S/C15H15Cl2NO/c1-10(19-14-7-3-6-13(17)9-14)15(18)11-4-2-5-12(16)8-11/h2-10,15H,18H2,1H3. The van der Waals surface area contributed by atoms with Crippen LogP contribution in [0.15, 0.2) is 48.5 Å². The van der Waals surface area contributed by atoms with Gasteiger partial charge in [0.2, 0.25) is 0 Å². The molecule has 0 fully saturated rings. The van der Waals surface area contributed by atoms with Crippen molar-refractivity contribution in [2.75, 3.05) is 0 Å². The van der Waals surface area contributed by atoms with Crippen LogP contribution in [0.25, 0.3) is 0 Å². The Balaban J connectivity index is 2.09. The normalized spacial score (nSPS) is 13.9. The summed E-state index contributed by atoms with van der Waals surface area (Å²) in [4.78, 5) is 0. The summed E-state index contributed by atoms with van der Waals surface area (Å²) in [6.07, 6.45) is -0.183. The second-order valence-corrected chi connectivity index (χ2v) is 5.23. The summed E-state index contributed by atoms with van der Waals surface area (Å²) in [5.41, 5.74) is 7.12. The van der Waals surface area contributed by atoms with Gasteiger partial charge in [0.15, 0.2) is 0 Å². The van der Waals surface area contributed by atoms with Crippen LogP contribution < -0.4 is 10.5 Å². The number of rotatable bonds is 4. The molecule has 2 unspecified atom stereocenters. The van der Waals surface area contributed by atoms with E-state index in [1.165, 1.54) is 0 Å². The largest absolute Gasteiger partial charge is 0.489 e. The molecule has 0 amide bonds. The number of nitrogens with two attached hydrogens (primary N) is 1. The Bertz CT molecular complexity index is 559. The summed E-state index contributed by atoms with van der Waals surface area (Å²) in [6, 6.07) is 14.5. The molecule has 2 N–H and O–H groups in total. The second kappa shape index (κ2) is 6.29. The van der Waals surface area contributed by atoms with Crippen molar-refractivity contribution in [2.45, 2.75) is 19.1 Å². The molecule has 0 aromatic heterocycles. The molecule has 4 heteroatoms. The van der Waals surface area contributed by atoms with E-state index in [0.29, 0.717) is 15.8 Å². The Labute approximate surface area is 123 Å². The van der Waals surface area contributed by atoms with Gasteiger partial charge in [0.1, 0.15) is 11.9 Å². The Kier molecular flexibility index (Phi) is 4.70. The number of hydrogen-bond acceptors (Lipinski definition) is 2. The summed E-state index contributed by atoms with van der Waals surface area (Å²) in [5, 5.41) is 1.31. The first-order chi connectivity index (χ1) is 9.06. The molecule has 2 atom stereocenters. The van der Waals surface area contributed by atoms with Gasteiger partial charge in [-0.05, 0) is 42.8 Å². The molecule has 2 aromatic rings. The molecule has 0 spiro atoms. The average Bonchev–Trinajstić information content (AvgIpc) is 2.38. The van der Waals surface area contributed by atoms with E-state index in [2.05, 4.69) is 0 Å². The molecule has 2 nitrogen and oxygen atoms in total. The summed E-state index contributed by atoms with van der Waals surface area (Å²) >= 11 is 11.9. The van der Waals surface area contributed by atoms with Gasteiger partial charge in [-0.3, -0.25) is 0 Å². The van der Waals surface area contributed by atoms with Crippen LogP contribution in [0.5, 0.6) is 5.75 Å². The molecule has 0 aliphatic rings. The highest BCUT2D eigenvalue weighted by Gasteiger charge is 2.16. The van der Waals surface area contributed by atoms with E-state index in [0.717, 1.165) is 5.56 Å². The van der Waals surface area contributed by atoms with Crippen molar-refractivity contribution < 1.29 is 4.74 Å². The maximum Gasteiger partial charge on any atom is 0.121 e. The Morgan fingerprint density at radius 2 is 1.63 bits per heavy atom. The first-order valence-electron chi connectivity index (χ1n) is 5.99. The molecule has 2 rings (SSSR count). The van der Waals surface area contributed by atoms with Crippen molar-refractivity contribution in [1.82, 2.24) is 0 Å². The van der Waals surface area contributed by atoms with Crippen molar-refractivity contribution in [3.63, 3.8) is 0 Å². The molecule has 2 aromatic carbocycles. The minimum Gasteiger partial charge on any atom is -0.489 e. The maximum absolute atomic E-state index is 6.18. The van der Waals surface area contributed by atoms with Crippen molar-refractivity contribution in [3.8, 4) is 5.75 Å². The SMILES string of the molecule is CC(Oc1cccc(Cl)c1)C(N)c1cccc(Cl)c1. The first-order valence-corrected chi connectivity index (χ1v) is 6.75. The predicted molar refractivity (Wildman–Crippen MR) is 79.9 cm³/mol. The van der Waals surface area contributed by atoms with Gasteiger partial charge in [-0.15, -0.1) is 0 Å². The Morgan fingerprint density at radius 1 is 1.00 bits per heavy atom. The van der Waals surface area contributed by atoms with Gasteiger partial charge in [-0.1, -0.05) is 41.4 Å². The first kappa shape index (κ1) is 14.2.